The van der Waals surface area contributed by atoms with Gasteiger partial charge in [-0.3, -0.25) is 9.32 Å². The van der Waals surface area contributed by atoms with Gasteiger partial charge in [0.15, 0.2) is 0 Å². The van der Waals surface area contributed by atoms with Crippen LogP contribution in [0.1, 0.15) is 60.9 Å². The number of aliphatic hydroxyl groups excluding tert-OH is 1. The largest absolute Gasteiger partial charge is 0.469 e. The number of rotatable bonds is 7. The Balaban J connectivity index is 1.98. The summed E-state index contributed by atoms with van der Waals surface area (Å²) in [6.07, 6.45) is 5.08. The van der Waals surface area contributed by atoms with E-state index >= 15 is 0 Å². The van der Waals surface area contributed by atoms with Crippen molar-refractivity contribution in [3.8, 4) is 0 Å². The summed E-state index contributed by atoms with van der Waals surface area (Å²) in [6.45, 7) is 0.888. The molecule has 25 heavy (non-hydrogen) atoms. The van der Waals surface area contributed by atoms with Gasteiger partial charge < -0.3 is 20.2 Å². The van der Waals surface area contributed by atoms with Gasteiger partial charge in [0.2, 0.25) is 0 Å². The maximum atomic E-state index is 12.3. The molecule has 0 spiro atoms. The van der Waals surface area contributed by atoms with E-state index in [9.17, 15) is 14.5 Å². The van der Waals surface area contributed by atoms with Crippen LogP contribution in [0.15, 0.2) is 24.3 Å². The van der Waals surface area contributed by atoms with Gasteiger partial charge in [-0.1, -0.05) is 31.4 Å². The van der Waals surface area contributed by atoms with Gasteiger partial charge in [-0.15, -0.1) is 0 Å². The molecule has 140 valence electrons. The van der Waals surface area contributed by atoms with E-state index in [2.05, 4.69) is 9.84 Å². The second-order valence-corrected chi connectivity index (χ2v) is 7.71. The molecule has 1 fully saturated rings. The topological polar surface area (TPSA) is 116 Å². The first-order valence-corrected chi connectivity index (χ1v) is 10.1. The maximum absolute atomic E-state index is 12.3. The molecule has 1 aliphatic rings. The van der Waals surface area contributed by atoms with Gasteiger partial charge in [0.05, 0.1) is 18.8 Å². The Kier molecular flexibility index (Phi) is 7.16. The highest BCUT2D eigenvalue weighted by atomic mass is 31.2. The molecule has 0 unspecified atom stereocenters. The molecule has 1 amide bonds. The van der Waals surface area contributed by atoms with Gasteiger partial charge in [0.25, 0.3) is 5.91 Å². The van der Waals surface area contributed by atoms with Gasteiger partial charge in [0, 0.05) is 5.56 Å². The summed E-state index contributed by atoms with van der Waals surface area (Å²) >= 11 is 0. The van der Waals surface area contributed by atoms with Crippen molar-refractivity contribution >= 4 is 13.7 Å². The minimum atomic E-state index is -4.69. The van der Waals surface area contributed by atoms with Crippen LogP contribution in [0.25, 0.3) is 0 Å². The first-order chi connectivity index (χ1) is 11.8. The third-order valence-electron chi connectivity index (χ3n) is 4.63. The second kappa shape index (κ2) is 8.92. The third-order valence-corrected chi connectivity index (χ3v) is 5.24. The Labute approximate surface area is 147 Å². The van der Waals surface area contributed by atoms with Crippen molar-refractivity contribution in [2.24, 2.45) is 0 Å². The number of nitrogens with one attached hydrogen (secondary N) is 1. The first kappa shape index (κ1) is 20.1. The van der Waals surface area contributed by atoms with Crippen molar-refractivity contribution in [2.45, 2.75) is 57.1 Å². The number of aliphatic hydroxyl groups is 1. The standard InChI is InChI=1S/C17H26NO6P/c1-12(24-25(21,22)23)16(11-19)18-17(20)15-9-7-14(8-10-15)13-5-3-2-4-6-13/h7-10,12-13,16,19H,2-6,11H2,1H3,(H,18,20)(H2,21,22,23)/t12-,16-/m0/s1. The molecule has 0 radical (unpaired) electrons. The summed E-state index contributed by atoms with van der Waals surface area (Å²) in [6, 6.07) is 6.46. The number of phosphoric acid groups is 1. The lowest BCUT2D eigenvalue weighted by Crippen LogP contribution is -2.45. The molecule has 8 heteroatoms. The fourth-order valence-corrected chi connectivity index (χ4v) is 3.78. The summed E-state index contributed by atoms with van der Waals surface area (Å²) in [5.74, 6) is 0.128. The van der Waals surface area contributed by atoms with Crippen molar-refractivity contribution in [1.82, 2.24) is 5.32 Å². The fourth-order valence-electron chi connectivity index (χ4n) is 3.20. The quantitative estimate of drug-likeness (QED) is 0.547. The number of hydrogen-bond donors (Lipinski definition) is 4. The summed E-state index contributed by atoms with van der Waals surface area (Å²) in [5.41, 5.74) is 1.66. The number of phosphoric ester groups is 1. The van der Waals surface area contributed by atoms with E-state index in [1.807, 2.05) is 12.1 Å². The molecular formula is C17H26NO6P. The van der Waals surface area contributed by atoms with E-state index in [4.69, 9.17) is 9.79 Å². The molecule has 1 saturated carbocycles. The van der Waals surface area contributed by atoms with Crippen LogP contribution in [0.4, 0.5) is 0 Å². The van der Waals surface area contributed by atoms with E-state index in [0.29, 0.717) is 11.5 Å². The van der Waals surface area contributed by atoms with Crippen LogP contribution in [0, 0.1) is 0 Å². The van der Waals surface area contributed by atoms with Crippen LogP contribution >= 0.6 is 7.82 Å². The average molecular weight is 371 g/mol. The average Bonchev–Trinajstić information content (AvgIpc) is 2.58. The highest BCUT2D eigenvalue weighted by molar-refractivity contribution is 7.46. The lowest BCUT2D eigenvalue weighted by molar-refractivity contribution is 0.0710. The Bertz CT molecular complexity index is 608. The van der Waals surface area contributed by atoms with Gasteiger partial charge in [-0.25, -0.2) is 4.57 Å². The molecule has 1 aromatic rings. The summed E-state index contributed by atoms with van der Waals surface area (Å²) in [5, 5.41) is 11.9. The van der Waals surface area contributed by atoms with Crippen molar-refractivity contribution in [3.05, 3.63) is 35.4 Å². The minimum Gasteiger partial charge on any atom is -0.394 e. The van der Waals surface area contributed by atoms with E-state index in [0.717, 1.165) is 0 Å². The number of carbonyl (C=O) groups is 1. The Morgan fingerprint density at radius 3 is 2.36 bits per heavy atom. The van der Waals surface area contributed by atoms with E-state index in [1.165, 1.54) is 44.6 Å². The summed E-state index contributed by atoms with van der Waals surface area (Å²) in [7, 11) is -4.69. The molecule has 0 aromatic heterocycles. The molecule has 0 bridgehead atoms. The SMILES string of the molecule is C[C@H](OP(=O)(O)O)[C@H](CO)NC(=O)c1ccc(C2CCCCC2)cc1. The van der Waals surface area contributed by atoms with Gasteiger partial charge >= 0.3 is 7.82 Å². The van der Waals surface area contributed by atoms with Crippen LogP contribution in [0.3, 0.4) is 0 Å². The van der Waals surface area contributed by atoms with E-state index in [-0.39, 0.29) is 0 Å². The molecule has 0 aliphatic heterocycles. The molecule has 0 heterocycles. The van der Waals surface area contributed by atoms with E-state index in [1.54, 1.807) is 12.1 Å². The third kappa shape index (κ3) is 6.20. The highest BCUT2D eigenvalue weighted by Gasteiger charge is 2.27. The Morgan fingerprint density at radius 2 is 1.84 bits per heavy atom. The van der Waals surface area contributed by atoms with Gasteiger partial charge in [-0.05, 0) is 43.4 Å². The van der Waals surface area contributed by atoms with Crippen molar-refractivity contribution in [2.75, 3.05) is 6.61 Å². The Hall–Kier alpha value is -1.24. The van der Waals surface area contributed by atoms with Gasteiger partial charge in [-0.2, -0.15) is 0 Å². The normalized spacial score (nSPS) is 18.6. The van der Waals surface area contributed by atoms with Crippen LogP contribution in [0.5, 0.6) is 0 Å². The second-order valence-electron chi connectivity index (χ2n) is 6.52. The zero-order chi connectivity index (χ0) is 18.4. The van der Waals surface area contributed by atoms with Crippen LogP contribution in [0.2, 0.25) is 0 Å². The van der Waals surface area contributed by atoms with Crippen molar-refractivity contribution in [1.29, 1.82) is 0 Å². The number of benzene rings is 1. The summed E-state index contributed by atoms with van der Waals surface area (Å²) < 4.78 is 15.4. The first-order valence-electron chi connectivity index (χ1n) is 8.56. The molecule has 0 saturated heterocycles. The van der Waals surface area contributed by atoms with Crippen LogP contribution in [-0.4, -0.2) is 39.6 Å². The maximum Gasteiger partial charge on any atom is 0.469 e. The highest BCUT2D eigenvalue weighted by Crippen LogP contribution is 2.38. The lowest BCUT2D eigenvalue weighted by Gasteiger charge is -2.24. The fraction of sp³-hybridized carbons (Fsp3) is 0.588. The monoisotopic (exact) mass is 371 g/mol. The smallest absolute Gasteiger partial charge is 0.394 e. The molecule has 4 N–H and O–H groups in total. The van der Waals surface area contributed by atoms with Crippen molar-refractivity contribution in [3.63, 3.8) is 0 Å². The molecule has 2 rings (SSSR count). The van der Waals surface area contributed by atoms with Crippen LogP contribution in [-0.2, 0) is 9.09 Å². The van der Waals surface area contributed by atoms with Crippen LogP contribution < -0.4 is 5.32 Å². The predicted octanol–water partition coefficient (Wildman–Crippen LogP) is 2.32. The van der Waals surface area contributed by atoms with E-state index < -0.39 is 32.5 Å². The Morgan fingerprint density at radius 1 is 1.24 bits per heavy atom. The zero-order valence-electron chi connectivity index (χ0n) is 14.3. The summed E-state index contributed by atoms with van der Waals surface area (Å²) in [4.78, 5) is 30.0. The minimum absolute atomic E-state index is 0.421. The number of carbonyl (C=O) groups excluding carboxylic acids is 1. The molecular weight excluding hydrogens is 345 g/mol. The molecule has 2 atom stereocenters. The lowest BCUT2D eigenvalue weighted by atomic mass is 9.84. The number of hydrogen-bond acceptors (Lipinski definition) is 4. The van der Waals surface area contributed by atoms with Crippen molar-refractivity contribution < 1.29 is 28.8 Å². The molecule has 1 aliphatic carbocycles. The number of amides is 1. The molecule has 7 nitrogen and oxygen atoms in total. The predicted molar refractivity (Wildman–Crippen MR) is 93.2 cm³/mol. The van der Waals surface area contributed by atoms with Gasteiger partial charge in [0.1, 0.15) is 0 Å². The molecule has 1 aromatic carbocycles. The zero-order valence-corrected chi connectivity index (χ0v) is 15.2.